The molecule has 0 bridgehead atoms. The molecule has 1 aromatic carbocycles. The van der Waals surface area contributed by atoms with Crippen molar-refractivity contribution in [3.8, 4) is 0 Å². The van der Waals surface area contributed by atoms with Gasteiger partial charge in [0.15, 0.2) is 6.04 Å². The molecule has 2 atom stereocenters. The highest BCUT2D eigenvalue weighted by atomic mass is 16.6. The van der Waals surface area contributed by atoms with Crippen LogP contribution in [-0.2, 0) is 25.6 Å². The highest BCUT2D eigenvalue weighted by Crippen LogP contribution is 2.21. The summed E-state index contributed by atoms with van der Waals surface area (Å²) in [6.07, 6.45) is 0.306. The average Bonchev–Trinajstić information content (AvgIpc) is 3.13. The normalized spacial score (nSPS) is 17.3. The molecule has 0 unspecified atom stereocenters. The van der Waals surface area contributed by atoms with E-state index >= 15 is 0 Å². The third kappa shape index (κ3) is 7.90. The van der Waals surface area contributed by atoms with Crippen LogP contribution in [0.4, 0.5) is 9.59 Å². The first-order valence-electron chi connectivity index (χ1n) is 9.93. The quantitative estimate of drug-likeness (QED) is 0.662. The van der Waals surface area contributed by atoms with Crippen LogP contribution in [-0.4, -0.2) is 65.6 Å². The molecule has 30 heavy (non-hydrogen) atoms. The zero-order chi connectivity index (χ0) is 22.1. The Morgan fingerprint density at radius 1 is 1.23 bits per heavy atom. The van der Waals surface area contributed by atoms with E-state index in [9.17, 15) is 19.5 Å². The van der Waals surface area contributed by atoms with Crippen molar-refractivity contribution < 1.29 is 33.7 Å². The lowest BCUT2D eigenvalue weighted by Crippen LogP contribution is -2.46. The molecule has 0 radical (unpaired) electrons. The fourth-order valence-electron chi connectivity index (χ4n) is 2.97. The molecule has 0 saturated carbocycles. The molecule has 1 aromatic rings. The van der Waals surface area contributed by atoms with E-state index in [0.29, 0.717) is 6.54 Å². The van der Waals surface area contributed by atoms with E-state index in [1.165, 1.54) is 0 Å². The fraction of sp³-hybridized carbons (Fsp3) is 0.571. The summed E-state index contributed by atoms with van der Waals surface area (Å²) >= 11 is 0. The Morgan fingerprint density at radius 3 is 2.57 bits per heavy atom. The summed E-state index contributed by atoms with van der Waals surface area (Å²) in [5, 5.41) is 11.6. The molecular weight excluding hydrogens is 392 g/mol. The summed E-state index contributed by atoms with van der Waals surface area (Å²) < 4.78 is 16.0. The van der Waals surface area contributed by atoms with Gasteiger partial charge in [0.25, 0.3) is 0 Å². The third-order valence-corrected chi connectivity index (χ3v) is 4.40. The Hall–Kier alpha value is -2.81. The van der Waals surface area contributed by atoms with Crippen molar-refractivity contribution in [3.05, 3.63) is 35.9 Å². The Kier molecular flexibility index (Phi) is 8.46. The number of hydrogen-bond donors (Lipinski definition) is 2. The maximum Gasteiger partial charge on any atom is 0.410 e. The molecule has 166 valence electrons. The number of ether oxygens (including phenoxy) is 3. The number of alkyl carbamates (subject to hydrolysis) is 1. The van der Waals surface area contributed by atoms with E-state index in [4.69, 9.17) is 14.2 Å². The molecule has 1 aliphatic rings. The smallest absolute Gasteiger partial charge is 0.410 e. The van der Waals surface area contributed by atoms with E-state index in [-0.39, 0.29) is 25.9 Å². The fourth-order valence-corrected chi connectivity index (χ4v) is 2.97. The molecule has 1 heterocycles. The Morgan fingerprint density at radius 2 is 1.93 bits per heavy atom. The van der Waals surface area contributed by atoms with Crippen LogP contribution in [0.15, 0.2) is 30.3 Å². The van der Waals surface area contributed by atoms with E-state index < -0.39 is 29.8 Å². The topological polar surface area (TPSA) is 114 Å². The number of nitrogens with one attached hydrogen (secondary N) is 1. The maximum absolute atomic E-state index is 12.3. The van der Waals surface area contributed by atoms with E-state index in [0.717, 1.165) is 18.4 Å². The first kappa shape index (κ1) is 23.5. The molecule has 2 amide bonds. The summed E-state index contributed by atoms with van der Waals surface area (Å²) in [4.78, 5) is 37.2. The van der Waals surface area contributed by atoms with Crippen molar-refractivity contribution in [1.82, 2.24) is 10.2 Å². The van der Waals surface area contributed by atoms with Crippen LogP contribution in [0.2, 0.25) is 0 Å². The molecule has 0 spiro atoms. The van der Waals surface area contributed by atoms with Crippen molar-refractivity contribution in [2.45, 2.75) is 57.9 Å². The van der Waals surface area contributed by atoms with Crippen LogP contribution >= 0.6 is 0 Å². The zero-order valence-electron chi connectivity index (χ0n) is 17.6. The number of carboxylic acid groups (broad SMARTS) is 1. The van der Waals surface area contributed by atoms with Crippen LogP contribution in [0.1, 0.15) is 39.2 Å². The summed E-state index contributed by atoms with van der Waals surface area (Å²) in [5.74, 6) is -1.23. The molecule has 1 aliphatic heterocycles. The van der Waals surface area contributed by atoms with Gasteiger partial charge < -0.3 is 29.5 Å². The van der Waals surface area contributed by atoms with Gasteiger partial charge in [-0.25, -0.2) is 14.4 Å². The predicted molar refractivity (Wildman–Crippen MR) is 108 cm³/mol. The molecule has 1 fully saturated rings. The largest absolute Gasteiger partial charge is 0.480 e. The van der Waals surface area contributed by atoms with Gasteiger partial charge in [-0.3, -0.25) is 0 Å². The lowest BCUT2D eigenvalue weighted by Gasteiger charge is -2.28. The van der Waals surface area contributed by atoms with E-state index in [1.54, 1.807) is 37.8 Å². The van der Waals surface area contributed by atoms with Gasteiger partial charge in [-0.05, 0) is 39.2 Å². The standard InChI is InChI=1S/C21H30N2O7/c1-21(2,3)30-20(27)23-11-7-10-16(23)13-28-14-17(18(24)25)22-19(26)29-12-15-8-5-4-6-9-15/h4-6,8-9,16-17H,7,10-14H2,1-3H3,(H,22,26)(H,24,25)/t16-,17+/m1/s1. The molecule has 2 rings (SSSR count). The molecule has 9 nitrogen and oxygen atoms in total. The lowest BCUT2D eigenvalue weighted by molar-refractivity contribution is -0.141. The molecule has 1 saturated heterocycles. The number of carbonyl (C=O) groups excluding carboxylic acids is 2. The first-order chi connectivity index (χ1) is 14.2. The highest BCUT2D eigenvalue weighted by Gasteiger charge is 2.32. The molecule has 0 aliphatic carbocycles. The van der Waals surface area contributed by atoms with Crippen molar-refractivity contribution in [2.24, 2.45) is 0 Å². The van der Waals surface area contributed by atoms with Crippen molar-refractivity contribution in [2.75, 3.05) is 19.8 Å². The van der Waals surface area contributed by atoms with Gasteiger partial charge in [0.05, 0.1) is 19.3 Å². The number of benzene rings is 1. The monoisotopic (exact) mass is 422 g/mol. The second-order valence-electron chi connectivity index (χ2n) is 8.10. The van der Waals surface area contributed by atoms with Crippen molar-refractivity contribution >= 4 is 18.2 Å². The number of likely N-dealkylation sites (tertiary alicyclic amines) is 1. The summed E-state index contributed by atoms with van der Waals surface area (Å²) in [7, 11) is 0. The minimum atomic E-state index is -1.26. The molecule has 9 heteroatoms. The summed E-state index contributed by atoms with van der Waals surface area (Å²) in [6, 6.07) is 7.60. The number of aliphatic carboxylic acids is 1. The minimum absolute atomic E-state index is 0.0345. The first-order valence-corrected chi connectivity index (χ1v) is 9.93. The second-order valence-corrected chi connectivity index (χ2v) is 8.10. The number of hydrogen-bond acceptors (Lipinski definition) is 6. The number of carbonyl (C=O) groups is 3. The number of nitrogens with zero attached hydrogens (tertiary/aromatic N) is 1. The predicted octanol–water partition coefficient (Wildman–Crippen LogP) is 2.78. The van der Waals surface area contributed by atoms with Gasteiger partial charge in [0.1, 0.15) is 12.2 Å². The minimum Gasteiger partial charge on any atom is -0.480 e. The van der Waals surface area contributed by atoms with Gasteiger partial charge >= 0.3 is 18.2 Å². The van der Waals surface area contributed by atoms with Crippen LogP contribution in [0.25, 0.3) is 0 Å². The lowest BCUT2D eigenvalue weighted by atomic mass is 10.2. The van der Waals surface area contributed by atoms with Gasteiger partial charge in [0, 0.05) is 6.54 Å². The van der Waals surface area contributed by atoms with Crippen LogP contribution in [0.5, 0.6) is 0 Å². The van der Waals surface area contributed by atoms with Crippen LogP contribution in [0.3, 0.4) is 0 Å². The summed E-state index contributed by atoms with van der Waals surface area (Å²) in [5.41, 5.74) is 0.197. The van der Waals surface area contributed by atoms with Gasteiger partial charge in [-0.15, -0.1) is 0 Å². The second kappa shape index (κ2) is 10.8. The van der Waals surface area contributed by atoms with Crippen LogP contribution in [0, 0.1) is 0 Å². The Balaban J connectivity index is 1.78. The number of rotatable bonds is 8. The summed E-state index contributed by atoms with van der Waals surface area (Å²) in [6.45, 7) is 5.91. The number of amides is 2. The van der Waals surface area contributed by atoms with Crippen LogP contribution < -0.4 is 5.32 Å². The Bertz CT molecular complexity index is 718. The average molecular weight is 422 g/mol. The van der Waals surface area contributed by atoms with Gasteiger partial charge in [-0.2, -0.15) is 0 Å². The number of carboxylic acids is 1. The molecule has 2 N–H and O–H groups in total. The third-order valence-electron chi connectivity index (χ3n) is 4.40. The highest BCUT2D eigenvalue weighted by molar-refractivity contribution is 5.80. The SMILES string of the molecule is CC(C)(C)OC(=O)N1CCC[C@@H]1COC[C@H](NC(=O)OCc1ccccc1)C(=O)O. The zero-order valence-corrected chi connectivity index (χ0v) is 17.6. The maximum atomic E-state index is 12.3. The van der Waals surface area contributed by atoms with Crippen molar-refractivity contribution in [3.63, 3.8) is 0 Å². The molecular formula is C21H30N2O7. The molecule has 0 aromatic heterocycles. The Labute approximate surface area is 176 Å². The van der Waals surface area contributed by atoms with E-state index in [1.807, 2.05) is 18.2 Å². The van der Waals surface area contributed by atoms with E-state index in [2.05, 4.69) is 5.32 Å². The van der Waals surface area contributed by atoms with Gasteiger partial charge in [0.2, 0.25) is 0 Å². The van der Waals surface area contributed by atoms with Crippen molar-refractivity contribution in [1.29, 1.82) is 0 Å². The van der Waals surface area contributed by atoms with Gasteiger partial charge in [-0.1, -0.05) is 30.3 Å².